The van der Waals surface area contributed by atoms with E-state index in [9.17, 15) is 18.0 Å². The van der Waals surface area contributed by atoms with Crippen molar-refractivity contribution in [2.24, 2.45) is 0 Å². The van der Waals surface area contributed by atoms with Crippen LogP contribution in [0.5, 0.6) is 0 Å². The Kier molecular flexibility index (Phi) is 4.77. The smallest absolute Gasteiger partial charge is 0.334 e. The van der Waals surface area contributed by atoms with E-state index in [1.54, 1.807) is 13.8 Å². The fourth-order valence-corrected chi connectivity index (χ4v) is 1.74. The van der Waals surface area contributed by atoms with E-state index < -0.39 is 23.2 Å². The number of nitriles is 1. The second-order valence-corrected chi connectivity index (χ2v) is 4.43. The monoisotopic (exact) mass is 284 g/mol. The maximum atomic E-state index is 12.6. The molecule has 1 amide bonds. The third kappa shape index (κ3) is 3.50. The van der Waals surface area contributed by atoms with E-state index in [0.29, 0.717) is 12.8 Å². The highest BCUT2D eigenvalue weighted by Crippen LogP contribution is 2.29. The molecule has 0 heterocycles. The molecule has 0 aliphatic rings. The van der Waals surface area contributed by atoms with E-state index >= 15 is 0 Å². The van der Waals surface area contributed by atoms with Gasteiger partial charge in [0.2, 0.25) is 0 Å². The Morgan fingerprint density at radius 1 is 1.30 bits per heavy atom. The molecule has 1 rings (SSSR count). The number of alkyl halides is 3. The van der Waals surface area contributed by atoms with E-state index in [2.05, 4.69) is 5.32 Å². The second-order valence-electron chi connectivity index (χ2n) is 4.43. The van der Waals surface area contributed by atoms with E-state index in [4.69, 9.17) is 5.26 Å². The number of carbonyl (C=O) groups is 1. The van der Waals surface area contributed by atoms with E-state index in [1.165, 1.54) is 12.1 Å². The Balaban J connectivity index is 3.02. The predicted molar refractivity (Wildman–Crippen MR) is 67.8 cm³/mol. The van der Waals surface area contributed by atoms with E-state index in [0.717, 1.165) is 12.1 Å². The van der Waals surface area contributed by atoms with Gasteiger partial charge in [0.05, 0.1) is 11.6 Å². The van der Waals surface area contributed by atoms with Crippen LogP contribution in [0, 0.1) is 11.3 Å². The Labute approximate surface area is 115 Å². The summed E-state index contributed by atoms with van der Waals surface area (Å²) in [6, 6.07) is 6.14. The third-order valence-corrected chi connectivity index (χ3v) is 3.23. The van der Waals surface area contributed by atoms with Gasteiger partial charge < -0.3 is 5.32 Å². The van der Waals surface area contributed by atoms with Crippen LogP contribution in [-0.2, 0) is 6.18 Å². The average Bonchev–Trinajstić information content (AvgIpc) is 2.44. The van der Waals surface area contributed by atoms with Crippen molar-refractivity contribution in [3.05, 3.63) is 35.4 Å². The maximum absolute atomic E-state index is 12.6. The number of carbonyl (C=O) groups excluding carboxylic acids is 1. The summed E-state index contributed by atoms with van der Waals surface area (Å²) in [4.78, 5) is 12.0. The highest BCUT2D eigenvalue weighted by atomic mass is 19.4. The summed E-state index contributed by atoms with van der Waals surface area (Å²) in [6.07, 6.45) is -3.74. The lowest BCUT2D eigenvalue weighted by Gasteiger charge is -2.25. The van der Waals surface area contributed by atoms with Crippen molar-refractivity contribution in [3.8, 4) is 6.07 Å². The van der Waals surface area contributed by atoms with Crippen molar-refractivity contribution in [1.29, 1.82) is 5.26 Å². The first kappa shape index (κ1) is 16.0. The number of benzene rings is 1. The topological polar surface area (TPSA) is 52.9 Å². The minimum atomic E-state index is -4.50. The lowest BCUT2D eigenvalue weighted by Crippen LogP contribution is -2.46. The van der Waals surface area contributed by atoms with E-state index in [-0.39, 0.29) is 5.56 Å². The molecule has 0 atom stereocenters. The molecule has 0 aliphatic heterocycles. The van der Waals surface area contributed by atoms with Crippen LogP contribution in [0.2, 0.25) is 0 Å². The van der Waals surface area contributed by atoms with Crippen molar-refractivity contribution in [2.75, 3.05) is 0 Å². The van der Waals surface area contributed by atoms with Crippen LogP contribution in [0.25, 0.3) is 0 Å². The highest BCUT2D eigenvalue weighted by molar-refractivity contribution is 5.95. The Morgan fingerprint density at radius 2 is 1.90 bits per heavy atom. The first-order valence-corrected chi connectivity index (χ1v) is 6.19. The molecule has 0 aliphatic carbocycles. The fraction of sp³-hybridized carbons (Fsp3) is 0.429. The van der Waals surface area contributed by atoms with Crippen LogP contribution < -0.4 is 5.32 Å². The van der Waals surface area contributed by atoms with Crippen LogP contribution >= 0.6 is 0 Å². The van der Waals surface area contributed by atoms with Gasteiger partial charge in [0.1, 0.15) is 5.54 Å². The van der Waals surface area contributed by atoms with Gasteiger partial charge in [-0.1, -0.05) is 19.9 Å². The van der Waals surface area contributed by atoms with Crippen molar-refractivity contribution < 1.29 is 18.0 Å². The van der Waals surface area contributed by atoms with Crippen LogP contribution in [-0.4, -0.2) is 11.4 Å². The zero-order valence-corrected chi connectivity index (χ0v) is 11.2. The van der Waals surface area contributed by atoms with Gasteiger partial charge in [-0.05, 0) is 31.0 Å². The summed E-state index contributed by atoms with van der Waals surface area (Å²) >= 11 is 0. The van der Waals surface area contributed by atoms with Crippen LogP contribution in [0.4, 0.5) is 13.2 Å². The van der Waals surface area contributed by atoms with Crippen LogP contribution in [0.15, 0.2) is 24.3 Å². The Bertz CT molecular complexity index is 528. The maximum Gasteiger partial charge on any atom is 0.416 e. The van der Waals surface area contributed by atoms with Crippen LogP contribution in [0.3, 0.4) is 0 Å². The number of nitrogens with one attached hydrogen (secondary N) is 1. The number of halogens is 3. The Hall–Kier alpha value is -2.03. The summed E-state index contributed by atoms with van der Waals surface area (Å²) in [5.74, 6) is -0.679. The van der Waals surface area contributed by atoms with Gasteiger partial charge in [0.25, 0.3) is 5.91 Å². The molecule has 108 valence electrons. The molecule has 0 radical (unpaired) electrons. The lowest BCUT2D eigenvalue weighted by atomic mass is 9.94. The molecule has 20 heavy (non-hydrogen) atoms. The average molecular weight is 284 g/mol. The number of amides is 1. The first-order valence-electron chi connectivity index (χ1n) is 6.19. The number of rotatable bonds is 4. The van der Waals surface area contributed by atoms with Crippen molar-refractivity contribution in [3.63, 3.8) is 0 Å². The van der Waals surface area contributed by atoms with Gasteiger partial charge in [-0.2, -0.15) is 18.4 Å². The summed E-state index contributed by atoms with van der Waals surface area (Å²) in [5, 5.41) is 11.6. The molecule has 1 aromatic carbocycles. The molecule has 1 aromatic rings. The number of hydrogen-bond donors (Lipinski definition) is 1. The molecule has 3 nitrogen and oxygen atoms in total. The molecule has 0 bridgehead atoms. The van der Waals surface area contributed by atoms with Crippen LogP contribution in [0.1, 0.15) is 42.6 Å². The van der Waals surface area contributed by atoms with Gasteiger partial charge in [-0.3, -0.25) is 4.79 Å². The largest absolute Gasteiger partial charge is 0.416 e. The minimum absolute atomic E-state index is 0.110. The third-order valence-electron chi connectivity index (χ3n) is 3.23. The number of nitrogens with zero attached hydrogens (tertiary/aromatic N) is 1. The first-order chi connectivity index (χ1) is 9.28. The quantitative estimate of drug-likeness (QED) is 0.919. The minimum Gasteiger partial charge on any atom is -0.334 e. The molecule has 1 N–H and O–H groups in total. The fourth-order valence-electron chi connectivity index (χ4n) is 1.74. The van der Waals surface area contributed by atoms with Crippen molar-refractivity contribution >= 4 is 5.91 Å². The highest BCUT2D eigenvalue weighted by Gasteiger charge is 2.32. The Morgan fingerprint density at radius 3 is 2.35 bits per heavy atom. The molecular weight excluding hydrogens is 269 g/mol. The van der Waals surface area contributed by atoms with Gasteiger partial charge in [-0.25, -0.2) is 0 Å². The van der Waals surface area contributed by atoms with Gasteiger partial charge in [-0.15, -0.1) is 0 Å². The second kappa shape index (κ2) is 5.95. The van der Waals surface area contributed by atoms with Gasteiger partial charge in [0.15, 0.2) is 0 Å². The molecule has 0 saturated heterocycles. The molecule has 0 spiro atoms. The summed E-state index contributed by atoms with van der Waals surface area (Å²) in [6.45, 7) is 3.47. The van der Waals surface area contributed by atoms with Crippen molar-refractivity contribution in [1.82, 2.24) is 5.32 Å². The van der Waals surface area contributed by atoms with Gasteiger partial charge in [0, 0.05) is 5.56 Å². The SMILES string of the molecule is CCC(C#N)(CC)NC(=O)c1cccc(C(F)(F)F)c1. The normalized spacial score (nSPS) is 11.8. The molecule has 0 fully saturated rings. The summed E-state index contributed by atoms with van der Waals surface area (Å²) in [5.41, 5.74) is -2.05. The molecule has 0 unspecified atom stereocenters. The summed E-state index contributed by atoms with van der Waals surface area (Å²) in [7, 11) is 0. The summed E-state index contributed by atoms with van der Waals surface area (Å²) < 4.78 is 37.8. The zero-order chi connectivity index (χ0) is 15.4. The number of hydrogen-bond acceptors (Lipinski definition) is 2. The van der Waals surface area contributed by atoms with E-state index in [1.807, 2.05) is 6.07 Å². The standard InChI is InChI=1S/C14H15F3N2O/c1-3-13(4-2,9-18)19-12(20)10-6-5-7-11(8-10)14(15,16)17/h5-8H,3-4H2,1-2H3,(H,19,20). The van der Waals surface area contributed by atoms with Gasteiger partial charge >= 0.3 is 6.18 Å². The molecule has 6 heteroatoms. The molecule has 0 saturated carbocycles. The molecule has 0 aromatic heterocycles. The van der Waals surface area contributed by atoms with Crippen molar-refractivity contribution in [2.45, 2.75) is 38.4 Å². The molecular formula is C14H15F3N2O. The lowest BCUT2D eigenvalue weighted by molar-refractivity contribution is -0.137. The predicted octanol–water partition coefficient (Wildman–Crippen LogP) is 3.52. The zero-order valence-electron chi connectivity index (χ0n) is 11.2.